The number of carbonyl (C=O) groups excluding carboxylic acids is 1. The molecule has 0 bridgehead atoms. The number of amides is 1. The van der Waals surface area contributed by atoms with Crippen LogP contribution in [0.5, 0.6) is 11.5 Å². The number of carbonyl (C=O) groups is 1. The van der Waals surface area contributed by atoms with Gasteiger partial charge in [-0.3, -0.25) is 9.69 Å². The van der Waals surface area contributed by atoms with Crippen molar-refractivity contribution in [2.75, 3.05) is 40.0 Å². The second-order valence-corrected chi connectivity index (χ2v) is 6.59. The minimum Gasteiger partial charge on any atom is -0.493 e. The molecule has 1 aliphatic rings. The summed E-state index contributed by atoms with van der Waals surface area (Å²) in [4.78, 5) is 15.1. The Hall–Kier alpha value is -2.71. The van der Waals surface area contributed by atoms with Crippen LogP contribution in [0.15, 0.2) is 48.5 Å². The summed E-state index contributed by atoms with van der Waals surface area (Å²) in [5.74, 6) is -0.372. The van der Waals surface area contributed by atoms with Crippen molar-refractivity contribution in [3.8, 4) is 11.5 Å². The lowest BCUT2D eigenvalue weighted by Crippen LogP contribution is -2.43. The van der Waals surface area contributed by atoms with Crippen molar-refractivity contribution in [2.24, 2.45) is 0 Å². The summed E-state index contributed by atoms with van der Waals surface area (Å²) in [7, 11) is 1.33. The highest BCUT2D eigenvalue weighted by Gasteiger charge is 2.22. The number of halogens is 2. The number of nitrogens with one attached hydrogen (secondary N) is 1. The zero-order chi connectivity index (χ0) is 20.6. The molecule has 0 aromatic heterocycles. The number of rotatable bonds is 8. The third kappa shape index (κ3) is 5.88. The van der Waals surface area contributed by atoms with Gasteiger partial charge in [-0.15, -0.1) is 0 Å². The Balaban J connectivity index is 1.76. The molecule has 1 aliphatic heterocycles. The van der Waals surface area contributed by atoms with Crippen molar-refractivity contribution in [3.63, 3.8) is 0 Å². The van der Waals surface area contributed by atoms with Crippen molar-refractivity contribution in [1.29, 1.82) is 0 Å². The standard InChI is InChI=1S/C21H24F2N2O4/c1-27-19-13-16(7-8-18(19)29-21(22)23)20(26)24-17(15-5-3-2-4-6-15)14-25-9-11-28-12-10-25/h2-8,13,17,21H,9-12,14H2,1H3,(H,24,26). The van der Waals surface area contributed by atoms with Crippen LogP contribution in [0.4, 0.5) is 8.78 Å². The first kappa shape index (κ1) is 21.0. The quantitative estimate of drug-likeness (QED) is 0.730. The summed E-state index contributed by atoms with van der Waals surface area (Å²) >= 11 is 0. The number of hydrogen-bond acceptors (Lipinski definition) is 5. The van der Waals surface area contributed by atoms with Crippen molar-refractivity contribution in [3.05, 3.63) is 59.7 Å². The smallest absolute Gasteiger partial charge is 0.387 e. The molecule has 1 heterocycles. The fourth-order valence-corrected chi connectivity index (χ4v) is 3.21. The van der Waals surface area contributed by atoms with E-state index in [0.717, 1.165) is 18.7 Å². The second kappa shape index (κ2) is 10.2. The highest BCUT2D eigenvalue weighted by molar-refractivity contribution is 5.95. The van der Waals surface area contributed by atoms with Gasteiger partial charge in [0.1, 0.15) is 0 Å². The molecule has 2 aromatic rings. The van der Waals surface area contributed by atoms with E-state index in [-0.39, 0.29) is 23.4 Å². The van der Waals surface area contributed by atoms with E-state index in [4.69, 9.17) is 9.47 Å². The van der Waals surface area contributed by atoms with E-state index in [9.17, 15) is 13.6 Å². The van der Waals surface area contributed by atoms with Gasteiger partial charge in [0.2, 0.25) is 0 Å². The van der Waals surface area contributed by atoms with Gasteiger partial charge in [0, 0.05) is 25.2 Å². The second-order valence-electron chi connectivity index (χ2n) is 6.59. The molecule has 1 amide bonds. The van der Waals surface area contributed by atoms with E-state index in [1.165, 1.54) is 25.3 Å². The minimum atomic E-state index is -2.97. The number of morpholine rings is 1. The molecule has 0 aliphatic carbocycles. The maximum Gasteiger partial charge on any atom is 0.387 e. The lowest BCUT2D eigenvalue weighted by molar-refractivity contribution is -0.0512. The van der Waals surface area contributed by atoms with Crippen molar-refractivity contribution in [1.82, 2.24) is 10.2 Å². The molecule has 156 valence electrons. The van der Waals surface area contributed by atoms with Crippen molar-refractivity contribution < 1.29 is 27.8 Å². The molecule has 1 fully saturated rings. The van der Waals surface area contributed by atoms with Crippen LogP contribution in [0.25, 0.3) is 0 Å². The third-order valence-electron chi connectivity index (χ3n) is 4.69. The first-order valence-electron chi connectivity index (χ1n) is 9.35. The molecule has 0 radical (unpaired) electrons. The molecule has 6 nitrogen and oxygen atoms in total. The van der Waals surface area contributed by atoms with Gasteiger partial charge in [-0.25, -0.2) is 0 Å². The van der Waals surface area contributed by atoms with Crippen LogP contribution in [-0.2, 0) is 4.74 Å². The summed E-state index contributed by atoms with van der Waals surface area (Å²) < 4.78 is 39.9. The van der Waals surface area contributed by atoms with Crippen molar-refractivity contribution in [2.45, 2.75) is 12.7 Å². The van der Waals surface area contributed by atoms with Gasteiger partial charge in [0.15, 0.2) is 11.5 Å². The average Bonchev–Trinajstić information content (AvgIpc) is 2.74. The largest absolute Gasteiger partial charge is 0.493 e. The predicted octanol–water partition coefficient (Wildman–Crippen LogP) is 3.10. The summed E-state index contributed by atoms with van der Waals surface area (Å²) in [6, 6.07) is 13.6. The van der Waals surface area contributed by atoms with Crippen LogP contribution in [0.2, 0.25) is 0 Å². The monoisotopic (exact) mass is 406 g/mol. The number of alkyl halides is 2. The van der Waals surface area contributed by atoms with E-state index in [2.05, 4.69) is 15.0 Å². The SMILES string of the molecule is COc1cc(C(=O)NC(CN2CCOCC2)c2ccccc2)ccc1OC(F)F. The van der Waals surface area contributed by atoms with Crippen LogP contribution >= 0.6 is 0 Å². The molecule has 0 saturated carbocycles. The van der Waals surface area contributed by atoms with Gasteiger partial charge in [-0.1, -0.05) is 30.3 Å². The molecule has 8 heteroatoms. The number of hydrogen-bond donors (Lipinski definition) is 1. The maximum absolute atomic E-state index is 12.9. The summed E-state index contributed by atoms with van der Waals surface area (Å²) in [6.45, 7) is 0.596. The van der Waals surface area contributed by atoms with Gasteiger partial charge in [0.25, 0.3) is 5.91 Å². The molecule has 3 rings (SSSR count). The van der Waals surface area contributed by atoms with Crippen LogP contribution in [0.1, 0.15) is 22.0 Å². The van der Waals surface area contributed by atoms with Gasteiger partial charge in [0.05, 0.1) is 26.4 Å². The molecule has 1 saturated heterocycles. The molecule has 2 aromatic carbocycles. The Morgan fingerprint density at radius 1 is 1.14 bits per heavy atom. The van der Waals surface area contributed by atoms with Crippen LogP contribution < -0.4 is 14.8 Å². The van der Waals surface area contributed by atoms with E-state index in [1.807, 2.05) is 30.3 Å². The summed E-state index contributed by atoms with van der Waals surface area (Å²) in [6.07, 6.45) is 0. The average molecular weight is 406 g/mol. The van der Waals surface area contributed by atoms with Gasteiger partial charge in [-0.05, 0) is 23.8 Å². The van der Waals surface area contributed by atoms with E-state index in [0.29, 0.717) is 25.3 Å². The maximum atomic E-state index is 12.9. The van der Waals surface area contributed by atoms with Gasteiger partial charge < -0.3 is 19.5 Å². The zero-order valence-electron chi connectivity index (χ0n) is 16.1. The predicted molar refractivity (Wildman–Crippen MR) is 104 cm³/mol. The number of nitrogens with zero attached hydrogens (tertiary/aromatic N) is 1. The van der Waals surface area contributed by atoms with Crippen molar-refractivity contribution >= 4 is 5.91 Å². The van der Waals surface area contributed by atoms with E-state index >= 15 is 0 Å². The summed E-state index contributed by atoms with van der Waals surface area (Å²) in [5, 5.41) is 3.04. The molecule has 29 heavy (non-hydrogen) atoms. The Kier molecular flexibility index (Phi) is 7.37. The lowest BCUT2D eigenvalue weighted by Gasteiger charge is -2.31. The van der Waals surface area contributed by atoms with Crippen LogP contribution in [0.3, 0.4) is 0 Å². The fraction of sp³-hybridized carbons (Fsp3) is 0.381. The van der Waals surface area contributed by atoms with E-state index < -0.39 is 6.61 Å². The molecule has 1 atom stereocenters. The minimum absolute atomic E-state index is 0.0717. The first-order chi connectivity index (χ1) is 14.1. The number of benzene rings is 2. The van der Waals surface area contributed by atoms with Gasteiger partial charge in [-0.2, -0.15) is 8.78 Å². The number of ether oxygens (including phenoxy) is 3. The summed E-state index contributed by atoms with van der Waals surface area (Å²) in [5.41, 5.74) is 1.28. The normalized spacial score (nSPS) is 15.7. The molecule has 1 N–H and O–H groups in total. The Bertz CT molecular complexity index is 799. The Morgan fingerprint density at radius 2 is 1.86 bits per heavy atom. The Morgan fingerprint density at radius 3 is 2.52 bits per heavy atom. The highest BCUT2D eigenvalue weighted by atomic mass is 19.3. The molecular weight excluding hydrogens is 382 g/mol. The fourth-order valence-electron chi connectivity index (χ4n) is 3.21. The van der Waals surface area contributed by atoms with Crippen LogP contribution in [0, 0.1) is 0 Å². The molecular formula is C21H24F2N2O4. The molecule has 0 spiro atoms. The molecule has 1 unspecified atom stereocenters. The lowest BCUT2D eigenvalue weighted by atomic mass is 10.0. The van der Waals surface area contributed by atoms with Crippen LogP contribution in [-0.4, -0.2) is 57.4 Å². The zero-order valence-corrected chi connectivity index (χ0v) is 16.1. The number of methoxy groups -OCH3 is 1. The first-order valence-corrected chi connectivity index (χ1v) is 9.35. The third-order valence-corrected chi connectivity index (χ3v) is 4.69. The van der Waals surface area contributed by atoms with Gasteiger partial charge >= 0.3 is 6.61 Å². The van der Waals surface area contributed by atoms with E-state index in [1.54, 1.807) is 0 Å². The Labute approximate surface area is 168 Å². The topological polar surface area (TPSA) is 60.0 Å². The highest BCUT2D eigenvalue weighted by Crippen LogP contribution is 2.29.